The summed E-state index contributed by atoms with van der Waals surface area (Å²) in [5, 5.41) is 3.08. The molecule has 1 saturated heterocycles. The lowest BCUT2D eigenvalue weighted by molar-refractivity contribution is -0.126. The number of amides is 1. The summed E-state index contributed by atoms with van der Waals surface area (Å²) >= 11 is 0. The topological polar surface area (TPSA) is 69.7 Å². The predicted molar refractivity (Wildman–Crippen MR) is 104 cm³/mol. The van der Waals surface area contributed by atoms with Gasteiger partial charge in [-0.1, -0.05) is 12.1 Å². The first-order valence-electron chi connectivity index (χ1n) is 9.09. The van der Waals surface area contributed by atoms with Gasteiger partial charge in [-0.25, -0.2) is 0 Å². The second-order valence-electron chi connectivity index (χ2n) is 7.51. The Kier molecular flexibility index (Phi) is 6.47. The standard InChI is InChI=1S/C19H31N3O3S/c1-13-10-15(3)18(11-14(13)2)16(4)20-19(23)17-8-7-9-22(12-17)26(24,25)21(5)6/h10-11,16-17H,7-9,12H2,1-6H3,(H,20,23). The zero-order valence-electron chi connectivity index (χ0n) is 16.7. The summed E-state index contributed by atoms with van der Waals surface area (Å²) in [5.74, 6) is -0.387. The fourth-order valence-corrected chi connectivity index (χ4v) is 4.65. The van der Waals surface area contributed by atoms with Gasteiger partial charge in [-0.15, -0.1) is 0 Å². The Bertz CT molecular complexity index is 774. The van der Waals surface area contributed by atoms with Crippen LogP contribution in [0, 0.1) is 26.7 Å². The third kappa shape index (κ3) is 4.45. The van der Waals surface area contributed by atoms with E-state index in [1.807, 2.05) is 6.92 Å². The molecule has 1 heterocycles. The third-order valence-electron chi connectivity index (χ3n) is 5.25. The second kappa shape index (κ2) is 8.06. The van der Waals surface area contributed by atoms with Crippen LogP contribution in [0.5, 0.6) is 0 Å². The van der Waals surface area contributed by atoms with Crippen LogP contribution in [0.25, 0.3) is 0 Å². The van der Waals surface area contributed by atoms with Crippen molar-refractivity contribution in [1.82, 2.24) is 13.9 Å². The molecule has 0 bridgehead atoms. The average Bonchev–Trinajstić information content (AvgIpc) is 2.57. The van der Waals surface area contributed by atoms with Gasteiger partial charge in [0.1, 0.15) is 0 Å². The fraction of sp³-hybridized carbons (Fsp3) is 0.632. The first-order chi connectivity index (χ1) is 12.0. The van der Waals surface area contributed by atoms with Crippen molar-refractivity contribution in [2.24, 2.45) is 5.92 Å². The van der Waals surface area contributed by atoms with Gasteiger partial charge >= 0.3 is 0 Å². The molecule has 0 saturated carbocycles. The monoisotopic (exact) mass is 381 g/mol. The minimum Gasteiger partial charge on any atom is -0.349 e. The maximum absolute atomic E-state index is 12.7. The Hall–Kier alpha value is -1.44. The highest BCUT2D eigenvalue weighted by Crippen LogP contribution is 2.24. The van der Waals surface area contributed by atoms with Crippen molar-refractivity contribution in [2.75, 3.05) is 27.2 Å². The van der Waals surface area contributed by atoms with E-state index in [1.165, 1.54) is 33.8 Å². The summed E-state index contributed by atoms with van der Waals surface area (Å²) in [6, 6.07) is 4.15. The molecule has 0 radical (unpaired) electrons. The maximum Gasteiger partial charge on any atom is 0.281 e. The molecule has 146 valence electrons. The normalized spacial score (nSPS) is 20.2. The van der Waals surface area contributed by atoms with E-state index in [0.29, 0.717) is 19.4 Å². The lowest BCUT2D eigenvalue weighted by Crippen LogP contribution is -2.49. The van der Waals surface area contributed by atoms with Gasteiger partial charge in [0, 0.05) is 27.2 Å². The van der Waals surface area contributed by atoms with E-state index in [2.05, 4.69) is 38.2 Å². The van der Waals surface area contributed by atoms with Crippen molar-refractivity contribution in [2.45, 2.75) is 46.6 Å². The van der Waals surface area contributed by atoms with Gasteiger partial charge in [0.05, 0.1) is 12.0 Å². The first-order valence-corrected chi connectivity index (χ1v) is 10.5. The van der Waals surface area contributed by atoms with Gasteiger partial charge in [0.25, 0.3) is 10.2 Å². The van der Waals surface area contributed by atoms with E-state index in [0.717, 1.165) is 11.1 Å². The van der Waals surface area contributed by atoms with Crippen LogP contribution in [0.3, 0.4) is 0 Å². The van der Waals surface area contributed by atoms with Crippen molar-refractivity contribution in [3.8, 4) is 0 Å². The van der Waals surface area contributed by atoms with Crippen molar-refractivity contribution >= 4 is 16.1 Å². The molecule has 6 nitrogen and oxygen atoms in total. The van der Waals surface area contributed by atoms with Crippen LogP contribution in [0.1, 0.15) is 48.1 Å². The van der Waals surface area contributed by atoms with Crippen molar-refractivity contribution in [1.29, 1.82) is 0 Å². The van der Waals surface area contributed by atoms with Crippen molar-refractivity contribution < 1.29 is 13.2 Å². The Labute approximate surface area is 157 Å². The summed E-state index contributed by atoms with van der Waals surface area (Å²) in [5.41, 5.74) is 4.70. The number of aryl methyl sites for hydroxylation is 3. The summed E-state index contributed by atoms with van der Waals surface area (Å²) < 4.78 is 27.3. The largest absolute Gasteiger partial charge is 0.349 e. The van der Waals surface area contributed by atoms with Crippen LogP contribution in [-0.4, -0.2) is 50.1 Å². The Morgan fingerprint density at radius 2 is 1.81 bits per heavy atom. The number of hydrogen-bond acceptors (Lipinski definition) is 3. The van der Waals surface area contributed by atoms with Crippen LogP contribution >= 0.6 is 0 Å². The summed E-state index contributed by atoms with van der Waals surface area (Å²) in [7, 11) is -0.443. The number of benzene rings is 1. The van der Waals surface area contributed by atoms with E-state index >= 15 is 0 Å². The van der Waals surface area contributed by atoms with Gasteiger partial charge in [0.15, 0.2) is 0 Å². The number of nitrogens with one attached hydrogen (secondary N) is 1. The molecule has 1 aliphatic rings. The average molecular weight is 382 g/mol. The number of carbonyl (C=O) groups is 1. The molecule has 0 aromatic heterocycles. The minimum atomic E-state index is -3.48. The highest BCUT2D eigenvalue weighted by molar-refractivity contribution is 7.86. The molecule has 1 N–H and O–H groups in total. The number of hydrogen-bond donors (Lipinski definition) is 1. The van der Waals surface area contributed by atoms with E-state index in [-0.39, 0.29) is 24.4 Å². The molecular formula is C19H31N3O3S. The van der Waals surface area contributed by atoms with Gasteiger partial charge in [-0.2, -0.15) is 17.0 Å². The van der Waals surface area contributed by atoms with E-state index in [1.54, 1.807) is 0 Å². The summed E-state index contributed by atoms with van der Waals surface area (Å²) in [6.07, 6.45) is 1.41. The Balaban J connectivity index is 2.09. The molecule has 2 atom stereocenters. The smallest absolute Gasteiger partial charge is 0.281 e. The fourth-order valence-electron chi connectivity index (χ4n) is 3.46. The first kappa shape index (κ1) is 20.9. The third-order valence-corrected chi connectivity index (χ3v) is 7.16. The zero-order valence-corrected chi connectivity index (χ0v) is 17.5. The molecule has 1 amide bonds. The van der Waals surface area contributed by atoms with Crippen molar-refractivity contribution in [3.63, 3.8) is 0 Å². The molecule has 1 fully saturated rings. The van der Waals surface area contributed by atoms with Crippen LogP contribution in [0.2, 0.25) is 0 Å². The van der Waals surface area contributed by atoms with Gasteiger partial charge < -0.3 is 5.32 Å². The zero-order chi connectivity index (χ0) is 19.6. The SMILES string of the molecule is Cc1cc(C)c(C(C)NC(=O)C2CCCN(S(=O)(=O)N(C)C)C2)cc1C. The molecule has 1 aliphatic heterocycles. The van der Waals surface area contributed by atoms with Crippen LogP contribution < -0.4 is 5.32 Å². The lowest BCUT2D eigenvalue weighted by Gasteiger charge is -2.33. The molecule has 2 rings (SSSR count). The molecule has 2 unspecified atom stereocenters. The van der Waals surface area contributed by atoms with Crippen LogP contribution in [0.15, 0.2) is 12.1 Å². The predicted octanol–water partition coefficient (Wildman–Crippen LogP) is 2.31. The molecule has 1 aromatic rings. The molecular weight excluding hydrogens is 350 g/mol. The number of rotatable bonds is 5. The quantitative estimate of drug-likeness (QED) is 0.851. The second-order valence-corrected chi connectivity index (χ2v) is 9.65. The summed E-state index contributed by atoms with van der Waals surface area (Å²) in [4.78, 5) is 12.7. The summed E-state index contributed by atoms with van der Waals surface area (Å²) in [6.45, 7) is 8.89. The van der Waals surface area contributed by atoms with E-state index in [9.17, 15) is 13.2 Å². The highest BCUT2D eigenvalue weighted by atomic mass is 32.2. The number of piperidine rings is 1. The van der Waals surface area contributed by atoms with Crippen LogP contribution in [-0.2, 0) is 15.0 Å². The molecule has 0 aliphatic carbocycles. The van der Waals surface area contributed by atoms with Crippen molar-refractivity contribution in [3.05, 3.63) is 34.4 Å². The van der Waals surface area contributed by atoms with Gasteiger partial charge in [0.2, 0.25) is 5.91 Å². The number of nitrogens with zero attached hydrogens (tertiary/aromatic N) is 2. The molecule has 0 spiro atoms. The molecule has 26 heavy (non-hydrogen) atoms. The molecule has 7 heteroatoms. The van der Waals surface area contributed by atoms with Crippen LogP contribution in [0.4, 0.5) is 0 Å². The lowest BCUT2D eigenvalue weighted by atomic mass is 9.95. The minimum absolute atomic E-state index is 0.0752. The van der Waals surface area contributed by atoms with Gasteiger partial charge in [-0.05, 0) is 62.8 Å². The van der Waals surface area contributed by atoms with E-state index < -0.39 is 10.2 Å². The highest BCUT2D eigenvalue weighted by Gasteiger charge is 2.33. The van der Waals surface area contributed by atoms with E-state index in [4.69, 9.17) is 0 Å². The van der Waals surface area contributed by atoms with Gasteiger partial charge in [-0.3, -0.25) is 4.79 Å². The Morgan fingerprint density at radius 1 is 1.19 bits per heavy atom. The maximum atomic E-state index is 12.7. The number of carbonyl (C=O) groups excluding carboxylic acids is 1. The Morgan fingerprint density at radius 3 is 2.42 bits per heavy atom. The molecule has 1 aromatic carbocycles.